The van der Waals surface area contributed by atoms with Crippen LogP contribution in [0, 0.1) is 0 Å². The Hall–Kier alpha value is -0.920. The fourth-order valence-electron chi connectivity index (χ4n) is 1.32. The van der Waals surface area contributed by atoms with E-state index in [1.54, 1.807) is 12.1 Å². The molecule has 2 aromatic rings. The number of halogens is 1. The maximum atomic E-state index is 12.2. The van der Waals surface area contributed by atoms with E-state index < -0.39 is 0 Å². The van der Waals surface area contributed by atoms with Crippen molar-refractivity contribution in [1.82, 2.24) is 10.2 Å². The highest BCUT2D eigenvalue weighted by Gasteiger charge is 2.18. The number of nitrogen functional groups attached to an aromatic ring is 1. The van der Waals surface area contributed by atoms with Crippen LogP contribution in [0.2, 0.25) is 0 Å². The first-order chi connectivity index (χ1) is 8.56. The number of carbonyl (C=O) groups excluding carboxylic acids is 1. The van der Waals surface area contributed by atoms with Gasteiger partial charge in [0, 0.05) is 10.0 Å². The molecular weight excluding hydrogens is 334 g/mol. The zero-order valence-corrected chi connectivity index (χ0v) is 12.7. The lowest BCUT2D eigenvalue weighted by Crippen LogP contribution is -2.13. The van der Waals surface area contributed by atoms with Crippen molar-refractivity contribution in [3.05, 3.63) is 34.3 Å². The fourth-order valence-corrected chi connectivity index (χ4v) is 3.44. The molecule has 18 heavy (non-hydrogen) atoms. The number of nitrogens with zero attached hydrogens (tertiary/aromatic N) is 2. The summed E-state index contributed by atoms with van der Waals surface area (Å²) in [5.41, 5.74) is 6.19. The SMILES string of the molecule is CC(Sc1nnc(N)s1)C(=O)c1ccc(Br)cc1. The van der Waals surface area contributed by atoms with Gasteiger partial charge in [-0.1, -0.05) is 51.2 Å². The molecule has 0 radical (unpaired) electrons. The Balaban J connectivity index is 2.07. The fraction of sp³-hybridized carbons (Fsp3) is 0.182. The van der Waals surface area contributed by atoms with Gasteiger partial charge in [0.15, 0.2) is 10.1 Å². The first-order valence-electron chi connectivity index (χ1n) is 5.11. The molecule has 2 rings (SSSR count). The van der Waals surface area contributed by atoms with Crippen LogP contribution in [0.4, 0.5) is 5.13 Å². The van der Waals surface area contributed by atoms with Crippen LogP contribution in [0.15, 0.2) is 33.1 Å². The molecule has 0 saturated heterocycles. The van der Waals surface area contributed by atoms with Crippen molar-refractivity contribution in [2.24, 2.45) is 0 Å². The summed E-state index contributed by atoms with van der Waals surface area (Å²) in [7, 11) is 0. The molecule has 0 bridgehead atoms. The smallest absolute Gasteiger partial charge is 0.203 e. The maximum Gasteiger partial charge on any atom is 0.203 e. The molecule has 94 valence electrons. The summed E-state index contributed by atoms with van der Waals surface area (Å²) in [6, 6.07) is 7.32. The van der Waals surface area contributed by atoms with E-state index in [2.05, 4.69) is 26.1 Å². The molecule has 1 aromatic carbocycles. The molecule has 1 heterocycles. The van der Waals surface area contributed by atoms with Gasteiger partial charge in [-0.15, -0.1) is 10.2 Å². The summed E-state index contributed by atoms with van der Waals surface area (Å²) in [6.07, 6.45) is 0. The van der Waals surface area contributed by atoms with E-state index in [-0.39, 0.29) is 11.0 Å². The van der Waals surface area contributed by atoms with E-state index in [0.717, 1.165) is 4.47 Å². The molecule has 7 heteroatoms. The summed E-state index contributed by atoms with van der Waals surface area (Å²) in [5, 5.41) is 7.82. The highest BCUT2D eigenvalue weighted by atomic mass is 79.9. The molecule has 0 spiro atoms. The van der Waals surface area contributed by atoms with Gasteiger partial charge in [0.25, 0.3) is 0 Å². The van der Waals surface area contributed by atoms with Gasteiger partial charge in [0.05, 0.1) is 5.25 Å². The van der Waals surface area contributed by atoms with Gasteiger partial charge in [0.1, 0.15) is 0 Å². The summed E-state index contributed by atoms with van der Waals surface area (Å²) < 4.78 is 1.67. The average molecular weight is 344 g/mol. The molecule has 1 atom stereocenters. The minimum atomic E-state index is -0.210. The van der Waals surface area contributed by atoms with E-state index in [1.165, 1.54) is 23.1 Å². The molecule has 1 unspecified atom stereocenters. The van der Waals surface area contributed by atoms with Crippen molar-refractivity contribution in [2.75, 3.05) is 5.73 Å². The summed E-state index contributed by atoms with van der Waals surface area (Å²) in [6.45, 7) is 1.85. The minimum absolute atomic E-state index is 0.0706. The lowest BCUT2D eigenvalue weighted by atomic mass is 10.1. The predicted molar refractivity (Wildman–Crippen MR) is 78.1 cm³/mol. The number of benzene rings is 1. The maximum absolute atomic E-state index is 12.2. The standard InChI is InChI=1S/C11H10BrN3OS2/c1-6(17-11-15-14-10(13)18-11)9(16)7-2-4-8(12)5-3-7/h2-6H,1H3,(H2,13,14). The van der Waals surface area contributed by atoms with Gasteiger partial charge in [-0.3, -0.25) is 4.79 Å². The largest absolute Gasteiger partial charge is 0.374 e. The topological polar surface area (TPSA) is 68.9 Å². The number of hydrogen-bond acceptors (Lipinski definition) is 6. The third-order valence-corrected chi connectivity index (χ3v) is 4.66. The van der Waals surface area contributed by atoms with E-state index >= 15 is 0 Å². The highest BCUT2D eigenvalue weighted by Crippen LogP contribution is 2.29. The lowest BCUT2D eigenvalue weighted by molar-refractivity contribution is 0.0994. The van der Waals surface area contributed by atoms with Gasteiger partial charge in [-0.25, -0.2) is 0 Å². The van der Waals surface area contributed by atoms with Crippen LogP contribution >= 0.6 is 39.0 Å². The van der Waals surface area contributed by atoms with Crippen LogP contribution in [0.1, 0.15) is 17.3 Å². The zero-order valence-electron chi connectivity index (χ0n) is 9.46. The summed E-state index contributed by atoms with van der Waals surface area (Å²) >= 11 is 6.01. The number of carbonyl (C=O) groups is 1. The van der Waals surface area contributed by atoms with E-state index in [4.69, 9.17) is 5.73 Å². The number of thioether (sulfide) groups is 1. The number of rotatable bonds is 4. The van der Waals surface area contributed by atoms with Gasteiger partial charge in [0.2, 0.25) is 5.13 Å². The molecule has 0 aliphatic carbocycles. The van der Waals surface area contributed by atoms with Crippen LogP contribution in [0.3, 0.4) is 0 Å². The highest BCUT2D eigenvalue weighted by molar-refractivity contribution is 9.10. The first kappa shape index (κ1) is 13.5. The Morgan fingerprint density at radius 2 is 2.06 bits per heavy atom. The molecule has 4 nitrogen and oxygen atoms in total. The van der Waals surface area contributed by atoms with Crippen LogP contribution in [-0.2, 0) is 0 Å². The average Bonchev–Trinajstić information content (AvgIpc) is 2.75. The van der Waals surface area contributed by atoms with Crippen molar-refractivity contribution >= 4 is 49.9 Å². The Morgan fingerprint density at radius 1 is 1.39 bits per heavy atom. The molecule has 2 N–H and O–H groups in total. The summed E-state index contributed by atoms with van der Waals surface area (Å²) in [5.74, 6) is 0.0706. The first-order valence-corrected chi connectivity index (χ1v) is 7.60. The number of hydrogen-bond donors (Lipinski definition) is 1. The van der Waals surface area contributed by atoms with Gasteiger partial charge < -0.3 is 5.73 Å². The number of Topliss-reactive ketones (excluding diaryl/α,β-unsaturated/α-hetero) is 1. The molecule has 1 aromatic heterocycles. The minimum Gasteiger partial charge on any atom is -0.374 e. The molecular formula is C11H10BrN3OS2. The van der Waals surface area contributed by atoms with Crippen LogP contribution in [-0.4, -0.2) is 21.2 Å². The number of ketones is 1. The third-order valence-electron chi connectivity index (χ3n) is 2.20. The van der Waals surface area contributed by atoms with Crippen molar-refractivity contribution in [2.45, 2.75) is 16.5 Å². The van der Waals surface area contributed by atoms with E-state index in [1.807, 2.05) is 19.1 Å². The van der Waals surface area contributed by atoms with Gasteiger partial charge in [-0.05, 0) is 19.1 Å². The van der Waals surface area contributed by atoms with Crippen LogP contribution in [0.25, 0.3) is 0 Å². The molecule has 0 saturated carbocycles. The Morgan fingerprint density at radius 3 is 2.61 bits per heavy atom. The van der Waals surface area contributed by atoms with Crippen molar-refractivity contribution < 1.29 is 4.79 Å². The Labute approximate surface area is 121 Å². The van der Waals surface area contributed by atoms with Gasteiger partial charge in [-0.2, -0.15) is 0 Å². The normalized spacial score (nSPS) is 12.3. The van der Waals surface area contributed by atoms with Crippen molar-refractivity contribution in [3.63, 3.8) is 0 Å². The second-order valence-corrected chi connectivity index (χ2v) is 7.05. The number of nitrogens with two attached hydrogens (primary N) is 1. The molecule has 0 amide bonds. The predicted octanol–water partition coefficient (Wildman–Crippen LogP) is 3.25. The summed E-state index contributed by atoms with van der Waals surface area (Å²) in [4.78, 5) is 12.2. The zero-order chi connectivity index (χ0) is 13.1. The third kappa shape index (κ3) is 3.30. The van der Waals surface area contributed by atoms with E-state index in [0.29, 0.717) is 15.0 Å². The Kier molecular flexibility index (Phi) is 4.36. The second-order valence-electron chi connectivity index (χ2n) is 3.54. The molecule has 0 aliphatic rings. The quantitative estimate of drug-likeness (QED) is 0.681. The monoisotopic (exact) mass is 343 g/mol. The lowest BCUT2D eigenvalue weighted by Gasteiger charge is -2.07. The van der Waals surface area contributed by atoms with E-state index in [9.17, 15) is 4.79 Å². The van der Waals surface area contributed by atoms with Crippen molar-refractivity contribution in [3.8, 4) is 0 Å². The van der Waals surface area contributed by atoms with Gasteiger partial charge >= 0.3 is 0 Å². The van der Waals surface area contributed by atoms with Crippen LogP contribution < -0.4 is 5.73 Å². The molecule has 0 fully saturated rings. The Bertz CT molecular complexity index is 556. The molecule has 0 aliphatic heterocycles. The van der Waals surface area contributed by atoms with Crippen LogP contribution in [0.5, 0.6) is 0 Å². The second kappa shape index (κ2) is 5.81. The van der Waals surface area contributed by atoms with Crippen molar-refractivity contribution in [1.29, 1.82) is 0 Å². The number of anilines is 1. The number of aromatic nitrogens is 2.